The third-order valence-electron chi connectivity index (χ3n) is 4.03. The molecule has 0 spiro atoms. The van der Waals surface area contributed by atoms with Crippen molar-refractivity contribution in [3.8, 4) is 10.8 Å². The molecule has 128 valence electrons. The molecular formula is C19H19N3OS2. The molecule has 0 amide bonds. The van der Waals surface area contributed by atoms with Crippen molar-refractivity contribution in [2.45, 2.75) is 32.9 Å². The number of fused-ring (bicyclic) bond motifs is 1. The average Bonchev–Trinajstić information content (AvgIpc) is 3.34. The first-order chi connectivity index (χ1) is 12.2. The highest BCUT2D eigenvalue weighted by atomic mass is 32.1. The fraction of sp³-hybridized carbons (Fsp3) is 0.263. The van der Waals surface area contributed by atoms with Crippen LogP contribution in [0.25, 0.3) is 21.0 Å². The Balaban J connectivity index is 1.47. The monoisotopic (exact) mass is 369 g/mol. The van der Waals surface area contributed by atoms with Gasteiger partial charge in [0.2, 0.25) is 0 Å². The van der Waals surface area contributed by atoms with Crippen molar-refractivity contribution in [3.63, 3.8) is 0 Å². The molecule has 25 heavy (non-hydrogen) atoms. The standard InChI is InChI=1S/C19H19N3OS2/c1-3-14(18-21-12(2)11-24-18)20-10-13-8-9-16(23-13)19-22-15-6-4-5-7-17(15)25-19/h4-9,11,14,20H,3,10H2,1-2H3. The number of nitrogens with zero attached hydrogens (tertiary/aromatic N) is 2. The average molecular weight is 370 g/mol. The first-order valence-electron chi connectivity index (χ1n) is 8.33. The number of para-hydroxylation sites is 1. The number of furan rings is 1. The lowest BCUT2D eigenvalue weighted by atomic mass is 10.2. The number of benzene rings is 1. The quantitative estimate of drug-likeness (QED) is 0.483. The molecule has 4 aromatic rings. The fourth-order valence-corrected chi connectivity index (χ4v) is 4.61. The van der Waals surface area contributed by atoms with Gasteiger partial charge in [0.1, 0.15) is 10.8 Å². The van der Waals surface area contributed by atoms with E-state index in [2.05, 4.69) is 33.7 Å². The lowest BCUT2D eigenvalue weighted by molar-refractivity contribution is 0.448. The largest absolute Gasteiger partial charge is 0.457 e. The molecule has 0 aliphatic heterocycles. The van der Waals surface area contributed by atoms with Gasteiger partial charge in [-0.15, -0.1) is 22.7 Å². The molecule has 1 atom stereocenters. The molecule has 1 aromatic carbocycles. The van der Waals surface area contributed by atoms with Crippen LogP contribution < -0.4 is 5.32 Å². The van der Waals surface area contributed by atoms with Crippen molar-refractivity contribution in [1.29, 1.82) is 0 Å². The van der Waals surface area contributed by atoms with Gasteiger partial charge in [-0.3, -0.25) is 0 Å². The van der Waals surface area contributed by atoms with Crippen LogP contribution in [0.2, 0.25) is 0 Å². The second-order valence-corrected chi connectivity index (χ2v) is 7.84. The molecule has 1 N–H and O–H groups in total. The van der Waals surface area contributed by atoms with Gasteiger partial charge in [-0.2, -0.15) is 0 Å². The molecule has 4 rings (SSSR count). The van der Waals surface area contributed by atoms with Crippen molar-refractivity contribution in [3.05, 3.63) is 58.2 Å². The molecule has 0 aliphatic carbocycles. The Hall–Kier alpha value is -2.02. The minimum absolute atomic E-state index is 0.259. The smallest absolute Gasteiger partial charge is 0.163 e. The molecule has 6 heteroatoms. The molecule has 3 heterocycles. The second kappa shape index (κ2) is 7.07. The van der Waals surface area contributed by atoms with Crippen LogP contribution in [-0.4, -0.2) is 9.97 Å². The lowest BCUT2D eigenvalue weighted by Gasteiger charge is -2.13. The Morgan fingerprint density at radius 1 is 1.16 bits per heavy atom. The van der Waals surface area contributed by atoms with E-state index in [1.807, 2.05) is 37.3 Å². The predicted octanol–water partition coefficient (Wildman–Crippen LogP) is 5.56. The molecule has 0 bridgehead atoms. The summed E-state index contributed by atoms with van der Waals surface area (Å²) in [7, 11) is 0. The fourth-order valence-electron chi connectivity index (χ4n) is 2.73. The zero-order valence-corrected chi connectivity index (χ0v) is 15.8. The Bertz CT molecular complexity index is 952. The van der Waals surface area contributed by atoms with Gasteiger partial charge in [-0.05, 0) is 37.6 Å². The summed E-state index contributed by atoms with van der Waals surface area (Å²) in [6, 6.07) is 12.4. The molecule has 4 nitrogen and oxygen atoms in total. The zero-order chi connectivity index (χ0) is 17.2. The number of hydrogen-bond donors (Lipinski definition) is 1. The maximum absolute atomic E-state index is 6.00. The van der Waals surface area contributed by atoms with Crippen molar-refractivity contribution in [2.24, 2.45) is 0 Å². The van der Waals surface area contributed by atoms with E-state index < -0.39 is 0 Å². The lowest BCUT2D eigenvalue weighted by Crippen LogP contribution is -2.19. The topological polar surface area (TPSA) is 51.0 Å². The van der Waals surface area contributed by atoms with E-state index in [9.17, 15) is 0 Å². The number of thiazole rings is 2. The van der Waals surface area contributed by atoms with Gasteiger partial charge in [0.25, 0.3) is 0 Å². The molecule has 0 saturated carbocycles. The van der Waals surface area contributed by atoms with E-state index in [1.54, 1.807) is 22.7 Å². The molecule has 0 saturated heterocycles. The normalized spacial score (nSPS) is 12.7. The highest BCUT2D eigenvalue weighted by Gasteiger charge is 2.14. The molecule has 0 fully saturated rings. The molecule has 0 aliphatic rings. The Kier molecular flexibility index (Phi) is 4.65. The van der Waals surface area contributed by atoms with Gasteiger partial charge < -0.3 is 9.73 Å². The van der Waals surface area contributed by atoms with Crippen molar-refractivity contribution < 1.29 is 4.42 Å². The third kappa shape index (κ3) is 3.51. The van der Waals surface area contributed by atoms with Gasteiger partial charge in [0, 0.05) is 11.1 Å². The van der Waals surface area contributed by atoms with Crippen molar-refractivity contribution in [1.82, 2.24) is 15.3 Å². The van der Waals surface area contributed by atoms with Crippen LogP contribution >= 0.6 is 22.7 Å². The van der Waals surface area contributed by atoms with Gasteiger partial charge >= 0.3 is 0 Å². The SMILES string of the molecule is CCC(NCc1ccc(-c2nc3ccccc3s2)o1)c1nc(C)cs1. The summed E-state index contributed by atoms with van der Waals surface area (Å²) in [5.74, 6) is 1.75. The first kappa shape index (κ1) is 16.4. The molecule has 3 aromatic heterocycles. The van der Waals surface area contributed by atoms with Crippen LogP contribution in [-0.2, 0) is 6.54 Å². The number of aromatic nitrogens is 2. The number of nitrogens with one attached hydrogen (secondary N) is 1. The predicted molar refractivity (Wildman–Crippen MR) is 104 cm³/mol. The van der Waals surface area contributed by atoms with E-state index in [-0.39, 0.29) is 6.04 Å². The van der Waals surface area contributed by atoms with E-state index in [4.69, 9.17) is 4.42 Å². The third-order valence-corrected chi connectivity index (χ3v) is 6.16. The van der Waals surface area contributed by atoms with Gasteiger partial charge in [-0.25, -0.2) is 9.97 Å². The first-order valence-corrected chi connectivity index (χ1v) is 10.0. The number of hydrogen-bond acceptors (Lipinski definition) is 6. The summed E-state index contributed by atoms with van der Waals surface area (Å²) in [4.78, 5) is 9.24. The summed E-state index contributed by atoms with van der Waals surface area (Å²) >= 11 is 3.37. The van der Waals surface area contributed by atoms with E-state index in [1.165, 1.54) is 4.70 Å². The summed E-state index contributed by atoms with van der Waals surface area (Å²) < 4.78 is 7.18. The zero-order valence-electron chi connectivity index (χ0n) is 14.2. The number of rotatable bonds is 6. The van der Waals surface area contributed by atoms with Crippen molar-refractivity contribution >= 4 is 32.9 Å². The highest BCUT2D eigenvalue weighted by Crippen LogP contribution is 2.31. The van der Waals surface area contributed by atoms with E-state index in [0.717, 1.165) is 39.2 Å². The van der Waals surface area contributed by atoms with Crippen LogP contribution in [0.1, 0.15) is 35.8 Å². The van der Waals surface area contributed by atoms with Crippen LogP contribution in [0.5, 0.6) is 0 Å². The van der Waals surface area contributed by atoms with Crippen LogP contribution in [0.15, 0.2) is 46.2 Å². The minimum Gasteiger partial charge on any atom is -0.457 e. The second-order valence-electron chi connectivity index (χ2n) is 5.92. The Morgan fingerprint density at radius 2 is 2.04 bits per heavy atom. The molecule has 0 radical (unpaired) electrons. The molecule has 1 unspecified atom stereocenters. The summed E-state index contributed by atoms with van der Waals surface area (Å²) in [5.41, 5.74) is 2.10. The summed E-state index contributed by atoms with van der Waals surface area (Å²) in [6.45, 7) is 4.88. The van der Waals surface area contributed by atoms with Crippen LogP contribution in [0, 0.1) is 6.92 Å². The maximum atomic E-state index is 6.00. The van der Waals surface area contributed by atoms with E-state index >= 15 is 0 Å². The van der Waals surface area contributed by atoms with Gasteiger partial charge in [-0.1, -0.05) is 19.1 Å². The van der Waals surface area contributed by atoms with Crippen LogP contribution in [0.3, 0.4) is 0 Å². The summed E-state index contributed by atoms with van der Waals surface area (Å²) in [6.07, 6.45) is 0.998. The van der Waals surface area contributed by atoms with E-state index in [0.29, 0.717) is 6.54 Å². The maximum Gasteiger partial charge on any atom is 0.163 e. The van der Waals surface area contributed by atoms with Crippen LogP contribution in [0.4, 0.5) is 0 Å². The Labute approximate surface area is 154 Å². The van der Waals surface area contributed by atoms with Gasteiger partial charge in [0.05, 0.1) is 22.8 Å². The summed E-state index contributed by atoms with van der Waals surface area (Å²) in [5, 5.41) is 7.70. The number of aryl methyl sites for hydroxylation is 1. The minimum atomic E-state index is 0.259. The molecular weight excluding hydrogens is 350 g/mol. The van der Waals surface area contributed by atoms with Crippen molar-refractivity contribution in [2.75, 3.05) is 0 Å². The Morgan fingerprint density at radius 3 is 2.80 bits per heavy atom. The highest BCUT2D eigenvalue weighted by molar-refractivity contribution is 7.21. The van der Waals surface area contributed by atoms with Gasteiger partial charge in [0.15, 0.2) is 10.8 Å².